The Balaban J connectivity index is 2.83. The van der Waals surface area contributed by atoms with Gasteiger partial charge in [0.1, 0.15) is 0 Å². The number of rotatable bonds is 4. The van der Waals surface area contributed by atoms with Crippen molar-refractivity contribution in [2.45, 2.75) is 19.8 Å². The van der Waals surface area contributed by atoms with Crippen LogP contribution in [0.4, 0.5) is 0 Å². The fourth-order valence-corrected chi connectivity index (χ4v) is 1.62. The summed E-state index contributed by atoms with van der Waals surface area (Å²) in [6.45, 7) is 5.09. The minimum atomic E-state index is 0.486. The van der Waals surface area contributed by atoms with Crippen molar-refractivity contribution in [3.8, 4) is 0 Å². The highest BCUT2D eigenvalue weighted by molar-refractivity contribution is 5.24. The summed E-state index contributed by atoms with van der Waals surface area (Å²) in [6, 6.07) is 10.6. The molecule has 0 fully saturated rings. The molecule has 14 heavy (non-hydrogen) atoms. The van der Waals surface area contributed by atoms with Crippen LogP contribution in [0.5, 0.6) is 0 Å². The van der Waals surface area contributed by atoms with Gasteiger partial charge in [-0.25, -0.2) is 0 Å². The van der Waals surface area contributed by atoms with Crippen molar-refractivity contribution >= 4 is 0 Å². The Hall–Kier alpha value is -1.08. The van der Waals surface area contributed by atoms with Crippen molar-refractivity contribution in [2.75, 3.05) is 6.54 Å². The van der Waals surface area contributed by atoms with Gasteiger partial charge in [0.2, 0.25) is 0 Å². The number of hydrogen-bond donors (Lipinski definition) is 1. The van der Waals surface area contributed by atoms with E-state index in [1.54, 1.807) is 0 Å². The zero-order valence-corrected chi connectivity index (χ0v) is 8.98. The maximum Gasteiger partial charge on any atom is 0.0107 e. The third kappa shape index (κ3) is 3.00. The van der Waals surface area contributed by atoms with Crippen molar-refractivity contribution in [1.82, 2.24) is 0 Å². The molecule has 0 heterocycles. The van der Waals surface area contributed by atoms with Crippen molar-refractivity contribution in [2.24, 2.45) is 11.7 Å². The van der Waals surface area contributed by atoms with Gasteiger partial charge in [-0.1, -0.05) is 56.3 Å². The van der Waals surface area contributed by atoms with Gasteiger partial charge >= 0.3 is 0 Å². The lowest BCUT2D eigenvalue weighted by Gasteiger charge is -2.17. The van der Waals surface area contributed by atoms with Gasteiger partial charge in [0.25, 0.3) is 0 Å². The Bertz CT molecular complexity index is 275. The molecule has 1 rings (SSSR count). The monoisotopic (exact) mass is 189 g/mol. The quantitative estimate of drug-likeness (QED) is 0.724. The summed E-state index contributed by atoms with van der Waals surface area (Å²) in [5.41, 5.74) is 6.84. The lowest BCUT2D eigenvalue weighted by molar-refractivity contribution is 0.577. The summed E-state index contributed by atoms with van der Waals surface area (Å²) in [4.78, 5) is 0. The predicted octanol–water partition coefficient (Wildman–Crippen LogP) is 2.94. The van der Waals surface area contributed by atoms with Crippen LogP contribution in [-0.4, -0.2) is 6.54 Å². The highest BCUT2D eigenvalue weighted by Gasteiger charge is 2.11. The van der Waals surface area contributed by atoms with Crippen LogP contribution in [0, 0.1) is 5.92 Å². The van der Waals surface area contributed by atoms with Crippen LogP contribution >= 0.6 is 0 Å². The molecule has 2 N–H and O–H groups in total. The summed E-state index contributed by atoms with van der Waals surface area (Å²) < 4.78 is 0. The Morgan fingerprint density at radius 3 is 2.36 bits per heavy atom. The van der Waals surface area contributed by atoms with Crippen molar-refractivity contribution in [3.05, 3.63) is 48.0 Å². The highest BCUT2D eigenvalue weighted by Crippen LogP contribution is 2.25. The first-order valence-corrected chi connectivity index (χ1v) is 5.17. The predicted molar refractivity (Wildman–Crippen MR) is 62.2 cm³/mol. The van der Waals surface area contributed by atoms with Gasteiger partial charge in [-0.15, -0.1) is 0 Å². The molecule has 0 aliphatic heterocycles. The van der Waals surface area contributed by atoms with Crippen LogP contribution in [-0.2, 0) is 0 Å². The summed E-state index contributed by atoms with van der Waals surface area (Å²) in [5.74, 6) is 1.10. The number of benzene rings is 1. The molecule has 1 aromatic rings. The zero-order chi connectivity index (χ0) is 10.4. The van der Waals surface area contributed by atoms with Crippen LogP contribution in [0.15, 0.2) is 42.5 Å². The molecule has 0 spiro atoms. The number of allylic oxidation sites excluding steroid dienone is 1. The minimum Gasteiger partial charge on any atom is -0.327 e. The van der Waals surface area contributed by atoms with Gasteiger partial charge in [-0.05, 0) is 11.5 Å². The van der Waals surface area contributed by atoms with Gasteiger partial charge in [0.05, 0.1) is 0 Å². The fourth-order valence-electron chi connectivity index (χ4n) is 1.62. The van der Waals surface area contributed by atoms with Gasteiger partial charge in [0.15, 0.2) is 0 Å². The molecule has 1 nitrogen and oxygen atoms in total. The van der Waals surface area contributed by atoms with Crippen LogP contribution in [0.1, 0.15) is 25.3 Å². The molecule has 1 atom stereocenters. The van der Waals surface area contributed by atoms with Gasteiger partial charge in [-0.3, -0.25) is 0 Å². The Morgan fingerprint density at radius 1 is 1.21 bits per heavy atom. The van der Waals surface area contributed by atoms with E-state index >= 15 is 0 Å². The molecule has 1 aromatic carbocycles. The fraction of sp³-hybridized carbons (Fsp3) is 0.385. The highest BCUT2D eigenvalue weighted by atomic mass is 14.5. The maximum absolute atomic E-state index is 5.47. The summed E-state index contributed by atoms with van der Waals surface area (Å²) in [6.07, 6.45) is 4.25. The molecule has 0 amide bonds. The van der Waals surface area contributed by atoms with E-state index in [1.165, 1.54) is 5.56 Å². The largest absolute Gasteiger partial charge is 0.327 e. The van der Waals surface area contributed by atoms with E-state index in [4.69, 9.17) is 5.73 Å². The van der Waals surface area contributed by atoms with Crippen LogP contribution in [0.2, 0.25) is 0 Å². The topological polar surface area (TPSA) is 26.0 Å². The lowest BCUT2D eigenvalue weighted by atomic mass is 9.88. The van der Waals surface area contributed by atoms with Crippen LogP contribution in [0.3, 0.4) is 0 Å². The van der Waals surface area contributed by atoms with Crippen molar-refractivity contribution < 1.29 is 0 Å². The first kappa shape index (κ1) is 11.0. The molecule has 0 saturated heterocycles. The third-order valence-corrected chi connectivity index (χ3v) is 2.38. The third-order valence-electron chi connectivity index (χ3n) is 2.38. The SMILES string of the molecule is CC(C)C(/C=C/CN)c1ccccc1. The Morgan fingerprint density at radius 2 is 1.86 bits per heavy atom. The zero-order valence-electron chi connectivity index (χ0n) is 8.98. The van der Waals surface area contributed by atoms with Crippen LogP contribution in [0.25, 0.3) is 0 Å². The summed E-state index contributed by atoms with van der Waals surface area (Å²) >= 11 is 0. The smallest absolute Gasteiger partial charge is 0.0107 e. The Labute approximate surface area is 86.6 Å². The molecule has 0 aliphatic carbocycles. The molecule has 0 bridgehead atoms. The van der Waals surface area contributed by atoms with Crippen molar-refractivity contribution in [1.29, 1.82) is 0 Å². The molecule has 76 valence electrons. The first-order chi connectivity index (χ1) is 6.75. The van der Waals surface area contributed by atoms with Gasteiger partial charge in [0, 0.05) is 12.5 Å². The minimum absolute atomic E-state index is 0.486. The second kappa shape index (κ2) is 5.61. The number of nitrogens with two attached hydrogens (primary N) is 1. The van der Waals surface area contributed by atoms with Gasteiger partial charge in [-0.2, -0.15) is 0 Å². The first-order valence-electron chi connectivity index (χ1n) is 5.17. The standard InChI is InChI=1S/C13H19N/c1-11(2)13(9-6-10-14)12-7-4-3-5-8-12/h3-9,11,13H,10,14H2,1-2H3/b9-6+. The summed E-state index contributed by atoms with van der Waals surface area (Å²) in [5, 5.41) is 0. The van der Waals surface area contributed by atoms with Crippen molar-refractivity contribution in [3.63, 3.8) is 0 Å². The van der Waals surface area contributed by atoms with E-state index < -0.39 is 0 Å². The summed E-state index contributed by atoms with van der Waals surface area (Å²) in [7, 11) is 0. The molecular formula is C13H19N. The van der Waals surface area contributed by atoms with E-state index in [0.29, 0.717) is 18.4 Å². The molecule has 1 heteroatoms. The lowest BCUT2D eigenvalue weighted by Crippen LogP contribution is -2.04. The number of hydrogen-bond acceptors (Lipinski definition) is 1. The molecule has 1 unspecified atom stereocenters. The second-order valence-electron chi connectivity index (χ2n) is 3.84. The van der Waals surface area contributed by atoms with Gasteiger partial charge < -0.3 is 5.73 Å². The van der Waals surface area contributed by atoms with Crippen LogP contribution < -0.4 is 5.73 Å². The molecular weight excluding hydrogens is 170 g/mol. The molecule has 0 radical (unpaired) electrons. The average Bonchev–Trinajstić information content (AvgIpc) is 2.19. The molecule has 0 aliphatic rings. The Kier molecular flexibility index (Phi) is 4.41. The van der Waals surface area contributed by atoms with E-state index in [1.807, 2.05) is 12.1 Å². The normalized spacial score (nSPS) is 13.7. The van der Waals surface area contributed by atoms with E-state index in [-0.39, 0.29) is 0 Å². The second-order valence-corrected chi connectivity index (χ2v) is 3.84. The molecule has 0 saturated carbocycles. The molecule has 0 aromatic heterocycles. The van der Waals surface area contributed by atoms with E-state index in [9.17, 15) is 0 Å². The van der Waals surface area contributed by atoms with E-state index in [2.05, 4.69) is 44.2 Å². The van der Waals surface area contributed by atoms with E-state index in [0.717, 1.165) is 0 Å². The average molecular weight is 189 g/mol. The maximum atomic E-state index is 5.47.